The van der Waals surface area contributed by atoms with Gasteiger partial charge < -0.3 is 14.2 Å². The van der Waals surface area contributed by atoms with Gasteiger partial charge in [-0.1, -0.05) is 18.2 Å². The van der Waals surface area contributed by atoms with E-state index in [4.69, 9.17) is 14.2 Å². The van der Waals surface area contributed by atoms with Crippen molar-refractivity contribution in [2.75, 3.05) is 20.8 Å². The highest BCUT2D eigenvalue weighted by Crippen LogP contribution is 2.27. The van der Waals surface area contributed by atoms with E-state index in [0.29, 0.717) is 23.6 Å². The molecule has 0 unspecified atom stereocenters. The van der Waals surface area contributed by atoms with Crippen molar-refractivity contribution in [1.82, 2.24) is 5.43 Å². The summed E-state index contributed by atoms with van der Waals surface area (Å²) in [5, 5.41) is 4.02. The highest BCUT2D eigenvalue weighted by atomic mass is 19.1. The molecule has 0 aromatic heterocycles. The van der Waals surface area contributed by atoms with Crippen molar-refractivity contribution in [3.8, 4) is 17.2 Å². The number of ether oxygens (including phenoxy) is 3. The normalized spacial score (nSPS) is 11.0. The quantitative estimate of drug-likeness (QED) is 0.580. The maximum atomic E-state index is 13.4. The summed E-state index contributed by atoms with van der Waals surface area (Å²) in [4.78, 5) is 11.8. The van der Waals surface area contributed by atoms with Crippen LogP contribution in [0.3, 0.4) is 0 Å². The smallest absolute Gasteiger partial charge is 0.277 e. The Kier molecular flexibility index (Phi) is 6.96. The largest absolute Gasteiger partial charge is 0.493 e. The number of hydrogen-bond donors (Lipinski definition) is 1. The summed E-state index contributed by atoms with van der Waals surface area (Å²) in [6.07, 6.45) is 0.523. The zero-order chi connectivity index (χ0) is 18.9. The summed E-state index contributed by atoms with van der Waals surface area (Å²) in [6, 6.07) is 11.4. The van der Waals surface area contributed by atoms with E-state index in [1.54, 1.807) is 33.3 Å². The molecule has 2 aromatic carbocycles. The van der Waals surface area contributed by atoms with Gasteiger partial charge in [0.05, 0.1) is 14.2 Å². The number of amides is 1. The average Bonchev–Trinajstić information content (AvgIpc) is 2.65. The summed E-state index contributed by atoms with van der Waals surface area (Å²) in [6.45, 7) is 1.46. The highest BCUT2D eigenvalue weighted by molar-refractivity contribution is 5.86. The Labute approximate surface area is 151 Å². The molecule has 0 heterocycles. The minimum Gasteiger partial charge on any atom is -0.493 e. The van der Waals surface area contributed by atoms with E-state index >= 15 is 0 Å². The Bertz CT molecular complexity index is 793. The number of hydrogen-bond acceptors (Lipinski definition) is 5. The number of benzene rings is 2. The van der Waals surface area contributed by atoms with Gasteiger partial charge in [0.2, 0.25) is 0 Å². The molecule has 0 atom stereocenters. The lowest BCUT2D eigenvalue weighted by Crippen LogP contribution is -2.26. The number of halogens is 1. The third kappa shape index (κ3) is 5.47. The summed E-state index contributed by atoms with van der Waals surface area (Å²) in [7, 11) is 3.14. The molecule has 0 saturated carbocycles. The highest BCUT2D eigenvalue weighted by Gasteiger charge is 2.07. The first-order valence-electron chi connectivity index (χ1n) is 7.93. The summed E-state index contributed by atoms with van der Waals surface area (Å²) in [5.41, 5.74) is 4.04. The van der Waals surface area contributed by atoms with Crippen molar-refractivity contribution >= 4 is 11.6 Å². The summed E-state index contributed by atoms with van der Waals surface area (Å²) >= 11 is 0. The summed E-state index contributed by atoms with van der Waals surface area (Å²) < 4.78 is 29.0. The van der Waals surface area contributed by atoms with Crippen molar-refractivity contribution in [3.63, 3.8) is 0 Å². The molecular formula is C19H21FN2O4. The van der Waals surface area contributed by atoms with Crippen LogP contribution in [-0.4, -0.2) is 32.4 Å². The predicted molar refractivity (Wildman–Crippen MR) is 96.4 cm³/mol. The average molecular weight is 360 g/mol. The maximum absolute atomic E-state index is 13.4. The van der Waals surface area contributed by atoms with Crippen LogP contribution >= 0.6 is 0 Å². The zero-order valence-electron chi connectivity index (χ0n) is 14.9. The van der Waals surface area contributed by atoms with Crippen molar-refractivity contribution < 1.29 is 23.4 Å². The number of hydrazone groups is 1. The van der Waals surface area contributed by atoms with Crippen LogP contribution in [0, 0.1) is 5.82 Å². The molecule has 0 bridgehead atoms. The van der Waals surface area contributed by atoms with E-state index < -0.39 is 11.7 Å². The molecule has 7 heteroatoms. The van der Waals surface area contributed by atoms with Gasteiger partial charge in [-0.15, -0.1) is 0 Å². The first-order valence-corrected chi connectivity index (χ1v) is 7.93. The van der Waals surface area contributed by atoms with Crippen LogP contribution in [0.2, 0.25) is 0 Å². The number of nitrogens with one attached hydrogen (secondary N) is 1. The Morgan fingerprint density at radius 2 is 1.81 bits per heavy atom. The molecule has 0 fully saturated rings. The second-order valence-corrected chi connectivity index (χ2v) is 5.47. The van der Waals surface area contributed by atoms with Gasteiger partial charge in [0.15, 0.2) is 29.7 Å². The molecule has 0 aliphatic heterocycles. The maximum Gasteiger partial charge on any atom is 0.277 e. The lowest BCUT2D eigenvalue weighted by Gasteiger charge is -2.09. The van der Waals surface area contributed by atoms with E-state index in [9.17, 15) is 9.18 Å². The van der Waals surface area contributed by atoms with Gasteiger partial charge >= 0.3 is 0 Å². The van der Waals surface area contributed by atoms with E-state index in [2.05, 4.69) is 10.5 Å². The molecule has 1 amide bonds. The fraction of sp³-hybridized carbons (Fsp3) is 0.263. The molecule has 2 aromatic rings. The third-order valence-corrected chi connectivity index (χ3v) is 3.47. The van der Waals surface area contributed by atoms with Gasteiger partial charge in [0.25, 0.3) is 5.91 Å². The van der Waals surface area contributed by atoms with Crippen LogP contribution in [0.15, 0.2) is 47.6 Å². The number of carbonyl (C=O) groups excluding carboxylic acids is 1. The molecule has 138 valence electrons. The monoisotopic (exact) mass is 360 g/mol. The first-order chi connectivity index (χ1) is 12.5. The molecule has 0 radical (unpaired) electrons. The molecule has 0 spiro atoms. The van der Waals surface area contributed by atoms with Crippen LogP contribution in [0.4, 0.5) is 4.39 Å². The van der Waals surface area contributed by atoms with Crippen LogP contribution in [0.1, 0.15) is 12.5 Å². The van der Waals surface area contributed by atoms with Crippen molar-refractivity contribution in [1.29, 1.82) is 0 Å². The van der Waals surface area contributed by atoms with Crippen LogP contribution in [-0.2, 0) is 11.2 Å². The van der Waals surface area contributed by atoms with Crippen LogP contribution < -0.4 is 19.6 Å². The third-order valence-electron chi connectivity index (χ3n) is 3.47. The van der Waals surface area contributed by atoms with Crippen molar-refractivity contribution in [3.05, 3.63) is 53.8 Å². The van der Waals surface area contributed by atoms with E-state index in [1.807, 2.05) is 18.2 Å². The van der Waals surface area contributed by atoms with Gasteiger partial charge in [-0.05, 0) is 36.8 Å². The fourth-order valence-corrected chi connectivity index (χ4v) is 2.22. The molecule has 26 heavy (non-hydrogen) atoms. The molecule has 2 rings (SSSR count). The van der Waals surface area contributed by atoms with Gasteiger partial charge in [-0.3, -0.25) is 4.79 Å². The number of para-hydroxylation sites is 1. The summed E-state index contributed by atoms with van der Waals surface area (Å²) in [5.74, 6) is 0.298. The Hall–Kier alpha value is -3.09. The minimum atomic E-state index is -0.520. The van der Waals surface area contributed by atoms with Gasteiger partial charge in [-0.25, -0.2) is 9.82 Å². The molecule has 0 aliphatic carbocycles. The molecule has 0 aliphatic rings. The number of methoxy groups -OCH3 is 2. The SMILES string of the molecule is COc1ccc(C/C(C)=N\NC(=O)COc2ccccc2F)cc1OC. The minimum absolute atomic E-state index is 0.0219. The Morgan fingerprint density at radius 1 is 1.08 bits per heavy atom. The van der Waals surface area contributed by atoms with Crippen LogP contribution in [0.25, 0.3) is 0 Å². The first kappa shape index (κ1) is 19.2. The number of carbonyl (C=O) groups is 1. The van der Waals surface area contributed by atoms with Gasteiger partial charge in [0.1, 0.15) is 0 Å². The fourth-order valence-electron chi connectivity index (χ4n) is 2.22. The van der Waals surface area contributed by atoms with E-state index in [1.165, 1.54) is 12.1 Å². The second kappa shape index (κ2) is 9.41. The Morgan fingerprint density at radius 3 is 2.50 bits per heavy atom. The molecule has 6 nitrogen and oxygen atoms in total. The van der Waals surface area contributed by atoms with Gasteiger partial charge in [-0.2, -0.15) is 5.10 Å². The second-order valence-electron chi connectivity index (χ2n) is 5.47. The Balaban J connectivity index is 1.87. The van der Waals surface area contributed by atoms with Crippen LogP contribution in [0.5, 0.6) is 17.2 Å². The molecule has 0 saturated heterocycles. The van der Waals surface area contributed by atoms with E-state index in [-0.39, 0.29) is 12.4 Å². The lowest BCUT2D eigenvalue weighted by molar-refractivity contribution is -0.123. The topological polar surface area (TPSA) is 69.2 Å². The number of rotatable bonds is 8. The standard InChI is InChI=1S/C19H21FN2O4/c1-13(10-14-8-9-17(24-2)18(11-14)25-3)21-22-19(23)12-26-16-7-5-4-6-15(16)20/h4-9,11H,10,12H2,1-3H3,(H,22,23)/b21-13-. The lowest BCUT2D eigenvalue weighted by atomic mass is 10.1. The van der Waals surface area contributed by atoms with Gasteiger partial charge in [0, 0.05) is 12.1 Å². The molecular weight excluding hydrogens is 339 g/mol. The van der Waals surface area contributed by atoms with Crippen molar-refractivity contribution in [2.45, 2.75) is 13.3 Å². The van der Waals surface area contributed by atoms with Crippen molar-refractivity contribution in [2.24, 2.45) is 5.10 Å². The predicted octanol–water partition coefficient (Wildman–Crippen LogP) is 2.96. The molecule has 1 N–H and O–H groups in total. The number of nitrogens with zero attached hydrogens (tertiary/aromatic N) is 1. The zero-order valence-corrected chi connectivity index (χ0v) is 14.9. The van der Waals surface area contributed by atoms with E-state index in [0.717, 1.165) is 5.56 Å².